The average Bonchev–Trinajstić information content (AvgIpc) is 2.49. The lowest BCUT2D eigenvalue weighted by atomic mass is 10.1. The predicted molar refractivity (Wildman–Crippen MR) is 95.8 cm³/mol. The van der Waals surface area contributed by atoms with Crippen LogP contribution in [-0.2, 0) is 11.3 Å². The molecule has 0 fully saturated rings. The Kier molecular flexibility index (Phi) is 6.46. The number of nitrogens with one attached hydrogen (secondary N) is 1. The third kappa shape index (κ3) is 5.87. The van der Waals surface area contributed by atoms with Crippen LogP contribution in [0.4, 0.5) is 0 Å². The Morgan fingerprint density at radius 1 is 1.13 bits per heavy atom. The predicted octanol–water partition coefficient (Wildman–Crippen LogP) is 4.30. The first-order valence-corrected chi connectivity index (χ1v) is 8.17. The fourth-order valence-corrected chi connectivity index (χ4v) is 2.67. The second-order valence-corrected chi connectivity index (χ2v) is 6.52. The van der Waals surface area contributed by atoms with E-state index in [0.29, 0.717) is 23.1 Å². The van der Waals surface area contributed by atoms with Crippen LogP contribution in [0, 0.1) is 0 Å². The molecule has 23 heavy (non-hydrogen) atoms. The van der Waals surface area contributed by atoms with Gasteiger partial charge < -0.3 is 5.32 Å². The molecule has 0 unspecified atom stereocenters. The normalized spacial score (nSPS) is 12.2. The zero-order chi connectivity index (χ0) is 16.8. The Hall–Kier alpha value is -1.55. The molecule has 0 saturated heterocycles. The average molecular weight is 351 g/mol. The summed E-state index contributed by atoms with van der Waals surface area (Å²) in [6, 6.07) is 15.1. The highest BCUT2D eigenvalue weighted by molar-refractivity contribution is 6.30. The molecule has 2 aromatic carbocycles. The molecule has 0 aliphatic carbocycles. The van der Waals surface area contributed by atoms with Crippen molar-refractivity contribution < 1.29 is 4.79 Å². The minimum absolute atomic E-state index is 0.0195. The van der Waals surface area contributed by atoms with Crippen molar-refractivity contribution in [2.24, 2.45) is 0 Å². The van der Waals surface area contributed by atoms with E-state index in [2.05, 4.69) is 5.32 Å². The van der Waals surface area contributed by atoms with Gasteiger partial charge in [0.2, 0.25) is 5.91 Å². The largest absolute Gasteiger partial charge is 0.348 e. The highest BCUT2D eigenvalue weighted by Gasteiger charge is 2.12. The van der Waals surface area contributed by atoms with Gasteiger partial charge in [-0.15, -0.1) is 0 Å². The third-order valence-electron chi connectivity index (χ3n) is 3.51. The molecule has 122 valence electrons. The zero-order valence-corrected chi connectivity index (χ0v) is 14.7. The number of likely N-dealkylation sites (N-methyl/N-ethyl adjacent to an activating group) is 1. The maximum atomic E-state index is 12.2. The Morgan fingerprint density at radius 2 is 1.83 bits per heavy atom. The summed E-state index contributed by atoms with van der Waals surface area (Å²) in [7, 11) is 1.91. The van der Waals surface area contributed by atoms with Gasteiger partial charge in [-0.2, -0.15) is 0 Å². The molecule has 1 atom stereocenters. The van der Waals surface area contributed by atoms with E-state index in [0.717, 1.165) is 11.1 Å². The number of halogens is 2. The summed E-state index contributed by atoms with van der Waals surface area (Å²) in [6.45, 7) is 2.96. The number of amides is 1. The van der Waals surface area contributed by atoms with Crippen molar-refractivity contribution in [3.8, 4) is 0 Å². The molecule has 0 spiro atoms. The molecule has 0 aliphatic heterocycles. The summed E-state index contributed by atoms with van der Waals surface area (Å²) in [5.41, 5.74) is 2.11. The van der Waals surface area contributed by atoms with Crippen LogP contribution in [0.15, 0.2) is 48.5 Å². The molecule has 0 bridgehead atoms. The number of nitrogens with zero attached hydrogens (tertiary/aromatic N) is 1. The number of benzene rings is 2. The number of hydrogen-bond acceptors (Lipinski definition) is 2. The smallest absolute Gasteiger partial charge is 0.234 e. The Balaban J connectivity index is 1.85. The lowest BCUT2D eigenvalue weighted by molar-refractivity contribution is -0.122. The molecule has 2 rings (SSSR count). The first kappa shape index (κ1) is 17.8. The highest BCUT2D eigenvalue weighted by Crippen LogP contribution is 2.17. The number of carbonyl (C=O) groups is 1. The van der Waals surface area contributed by atoms with Crippen LogP contribution in [0.3, 0.4) is 0 Å². The van der Waals surface area contributed by atoms with Gasteiger partial charge in [-0.25, -0.2) is 0 Å². The summed E-state index contributed by atoms with van der Waals surface area (Å²) < 4.78 is 0. The molecular weight excluding hydrogens is 331 g/mol. The van der Waals surface area contributed by atoms with E-state index in [4.69, 9.17) is 23.2 Å². The van der Waals surface area contributed by atoms with Crippen molar-refractivity contribution in [1.29, 1.82) is 0 Å². The standard InChI is InChI=1S/C18H20Cl2N2O/c1-13(15-4-3-5-17(20)10-15)21-18(23)12-22(2)11-14-6-8-16(19)9-7-14/h3-10,13H,11-12H2,1-2H3,(H,21,23)/t13-/m0/s1. The van der Waals surface area contributed by atoms with Crippen molar-refractivity contribution in [1.82, 2.24) is 10.2 Å². The van der Waals surface area contributed by atoms with Crippen LogP contribution in [-0.4, -0.2) is 24.4 Å². The molecule has 0 saturated carbocycles. The Morgan fingerprint density at radius 3 is 2.48 bits per heavy atom. The minimum Gasteiger partial charge on any atom is -0.348 e. The van der Waals surface area contributed by atoms with E-state index in [-0.39, 0.29) is 11.9 Å². The molecule has 1 amide bonds. The molecule has 0 aliphatic rings. The number of carbonyl (C=O) groups excluding carboxylic acids is 1. The molecular formula is C18H20Cl2N2O. The summed E-state index contributed by atoms with van der Waals surface area (Å²) >= 11 is 11.9. The fraction of sp³-hybridized carbons (Fsp3) is 0.278. The summed E-state index contributed by atoms with van der Waals surface area (Å²) in [5, 5.41) is 4.37. The van der Waals surface area contributed by atoms with E-state index in [1.54, 1.807) is 0 Å². The van der Waals surface area contributed by atoms with Crippen LogP contribution in [0.25, 0.3) is 0 Å². The summed E-state index contributed by atoms with van der Waals surface area (Å²) in [4.78, 5) is 14.1. The molecule has 5 heteroatoms. The first-order valence-electron chi connectivity index (χ1n) is 7.42. The van der Waals surface area contributed by atoms with Crippen molar-refractivity contribution >= 4 is 29.1 Å². The van der Waals surface area contributed by atoms with E-state index < -0.39 is 0 Å². The van der Waals surface area contributed by atoms with Crippen LogP contribution < -0.4 is 5.32 Å². The second kappa shape index (κ2) is 8.34. The molecule has 0 radical (unpaired) electrons. The SMILES string of the molecule is C[C@H](NC(=O)CN(C)Cc1ccc(Cl)cc1)c1cccc(Cl)c1. The van der Waals surface area contributed by atoms with Gasteiger partial charge in [0.15, 0.2) is 0 Å². The monoisotopic (exact) mass is 350 g/mol. The summed E-state index contributed by atoms with van der Waals surface area (Å²) in [5.74, 6) is -0.0195. The lowest BCUT2D eigenvalue weighted by Gasteiger charge is -2.19. The van der Waals surface area contributed by atoms with E-state index in [9.17, 15) is 4.79 Å². The second-order valence-electron chi connectivity index (χ2n) is 5.64. The van der Waals surface area contributed by atoms with Crippen LogP contribution in [0.2, 0.25) is 10.0 Å². The van der Waals surface area contributed by atoms with Gasteiger partial charge in [-0.05, 0) is 49.4 Å². The minimum atomic E-state index is -0.0786. The van der Waals surface area contributed by atoms with Gasteiger partial charge in [-0.1, -0.05) is 47.5 Å². The van der Waals surface area contributed by atoms with E-state index in [1.807, 2.05) is 67.4 Å². The molecule has 3 nitrogen and oxygen atoms in total. The van der Waals surface area contributed by atoms with Gasteiger partial charge in [0.1, 0.15) is 0 Å². The molecule has 0 heterocycles. The van der Waals surface area contributed by atoms with Crippen LogP contribution in [0.5, 0.6) is 0 Å². The Labute approximate surface area is 147 Å². The van der Waals surface area contributed by atoms with E-state index in [1.165, 1.54) is 0 Å². The van der Waals surface area contributed by atoms with Gasteiger partial charge in [0.05, 0.1) is 12.6 Å². The van der Waals surface area contributed by atoms with Crippen molar-refractivity contribution in [2.45, 2.75) is 19.5 Å². The lowest BCUT2D eigenvalue weighted by Crippen LogP contribution is -2.36. The number of hydrogen-bond donors (Lipinski definition) is 1. The Bertz CT molecular complexity index is 658. The zero-order valence-electron chi connectivity index (χ0n) is 13.2. The van der Waals surface area contributed by atoms with Gasteiger partial charge in [0, 0.05) is 16.6 Å². The fourth-order valence-electron chi connectivity index (χ4n) is 2.35. The highest BCUT2D eigenvalue weighted by atomic mass is 35.5. The van der Waals surface area contributed by atoms with Gasteiger partial charge in [-0.3, -0.25) is 9.69 Å². The van der Waals surface area contributed by atoms with Gasteiger partial charge >= 0.3 is 0 Å². The molecule has 2 aromatic rings. The van der Waals surface area contributed by atoms with Crippen molar-refractivity contribution in [3.05, 3.63) is 69.7 Å². The first-order chi connectivity index (χ1) is 10.9. The third-order valence-corrected chi connectivity index (χ3v) is 3.99. The van der Waals surface area contributed by atoms with Gasteiger partial charge in [0.25, 0.3) is 0 Å². The molecule has 0 aromatic heterocycles. The van der Waals surface area contributed by atoms with E-state index >= 15 is 0 Å². The number of rotatable bonds is 6. The van der Waals surface area contributed by atoms with Crippen molar-refractivity contribution in [3.63, 3.8) is 0 Å². The van der Waals surface area contributed by atoms with Crippen LogP contribution >= 0.6 is 23.2 Å². The van der Waals surface area contributed by atoms with Crippen molar-refractivity contribution in [2.75, 3.05) is 13.6 Å². The molecule has 1 N–H and O–H groups in total. The topological polar surface area (TPSA) is 32.3 Å². The maximum Gasteiger partial charge on any atom is 0.234 e. The maximum absolute atomic E-state index is 12.2. The van der Waals surface area contributed by atoms with Crippen LogP contribution in [0.1, 0.15) is 24.1 Å². The summed E-state index contributed by atoms with van der Waals surface area (Å²) in [6.07, 6.45) is 0. The quantitative estimate of drug-likeness (QED) is 0.842.